The first kappa shape index (κ1) is 14.2. The van der Waals surface area contributed by atoms with Crippen molar-refractivity contribution in [1.82, 2.24) is 4.90 Å². The summed E-state index contributed by atoms with van der Waals surface area (Å²) >= 11 is 0. The summed E-state index contributed by atoms with van der Waals surface area (Å²) < 4.78 is 13.3. The van der Waals surface area contributed by atoms with E-state index in [0.29, 0.717) is 12.2 Å². The molecule has 0 aliphatic heterocycles. The Morgan fingerprint density at radius 1 is 1.35 bits per heavy atom. The maximum atomic E-state index is 13.3. The molecule has 0 radical (unpaired) electrons. The third kappa shape index (κ3) is 4.15. The van der Waals surface area contributed by atoms with Gasteiger partial charge in [-0.25, -0.2) is 0 Å². The summed E-state index contributed by atoms with van der Waals surface area (Å²) in [4.78, 5) is 2.27. The molecule has 17 heavy (non-hydrogen) atoms. The van der Waals surface area contributed by atoms with Crippen molar-refractivity contribution in [3.63, 3.8) is 0 Å². The molecule has 1 atom stereocenters. The van der Waals surface area contributed by atoms with E-state index in [-0.39, 0.29) is 16.4 Å². The number of hydrogen-bond acceptors (Lipinski definition) is 4. The fourth-order valence-corrected chi connectivity index (χ4v) is 2.30. The highest BCUT2D eigenvalue weighted by Crippen LogP contribution is 2.34. The lowest BCUT2D eigenvalue weighted by atomic mass is 10.2. The average molecular weight is 278 g/mol. The summed E-state index contributed by atoms with van der Waals surface area (Å²) in [5, 5.41) is 21.7. The Kier molecular flexibility index (Phi) is 5.18. The van der Waals surface area contributed by atoms with E-state index in [1.165, 1.54) is 12.1 Å². The van der Waals surface area contributed by atoms with Crippen molar-refractivity contribution in [2.24, 2.45) is 0 Å². The molecule has 0 aromatic heterocycles. The molecule has 96 valence electrons. The molecule has 3 N–H and O–H groups in total. The number of hydrogen-bond donors (Lipinski definition) is 3. The van der Waals surface area contributed by atoms with Crippen LogP contribution in [-0.2, 0) is 10.5 Å². The van der Waals surface area contributed by atoms with Crippen LogP contribution in [-0.4, -0.2) is 42.3 Å². The normalized spacial score (nSPS) is 12.7. The van der Waals surface area contributed by atoms with Crippen molar-refractivity contribution < 1.29 is 14.1 Å². The van der Waals surface area contributed by atoms with Gasteiger partial charge >= 0.3 is 0 Å². The lowest BCUT2D eigenvalue weighted by Crippen LogP contribution is -2.21. The van der Waals surface area contributed by atoms with Crippen LogP contribution in [0.3, 0.4) is 0 Å². The van der Waals surface area contributed by atoms with Gasteiger partial charge < -0.3 is 20.4 Å². The Hall–Kier alpha value is -0.840. The molecule has 0 aliphatic rings. The van der Waals surface area contributed by atoms with E-state index in [1.807, 2.05) is 19.0 Å². The first-order valence-corrected chi connectivity index (χ1v) is 7.33. The van der Waals surface area contributed by atoms with E-state index < -0.39 is 10.5 Å². The van der Waals surface area contributed by atoms with Crippen LogP contribution in [0, 0.1) is 0 Å². The van der Waals surface area contributed by atoms with Crippen LogP contribution in [0.2, 0.25) is 0 Å². The minimum atomic E-state index is -1.66. The van der Waals surface area contributed by atoms with E-state index in [0.717, 1.165) is 6.54 Å². The third-order valence-corrected chi connectivity index (χ3v) is 3.53. The Bertz CT molecular complexity index is 429. The molecule has 0 saturated heterocycles. The molecule has 1 aromatic rings. The number of benzene rings is 1. The highest BCUT2D eigenvalue weighted by atomic mass is 32.5. The molecule has 0 aliphatic carbocycles. The smallest absolute Gasteiger partial charge is 0.159 e. The molecule has 0 heterocycles. The minimum Gasteiger partial charge on any atom is -0.504 e. The summed E-state index contributed by atoms with van der Waals surface area (Å²) in [6, 6.07) is 2.53. The Balaban J connectivity index is 2.89. The van der Waals surface area contributed by atoms with Crippen LogP contribution in [0.4, 0.5) is 9.57 Å². The SMILES string of the molecule is CN(C)CCNc1cc(O)c(O)cc1S(F)=P. The van der Waals surface area contributed by atoms with Gasteiger partial charge in [-0.15, -0.1) is 0 Å². The molecule has 1 rings (SSSR count). The van der Waals surface area contributed by atoms with Gasteiger partial charge in [0.05, 0.1) is 10.6 Å². The molecule has 0 saturated carbocycles. The molecule has 1 unspecified atom stereocenters. The number of rotatable bonds is 5. The van der Waals surface area contributed by atoms with Crippen LogP contribution in [0.25, 0.3) is 0 Å². The van der Waals surface area contributed by atoms with Gasteiger partial charge in [-0.2, -0.15) is 3.89 Å². The van der Waals surface area contributed by atoms with E-state index in [4.69, 9.17) is 0 Å². The van der Waals surface area contributed by atoms with Crippen molar-refractivity contribution in [3.05, 3.63) is 12.1 Å². The Morgan fingerprint density at radius 3 is 2.47 bits per heavy atom. The van der Waals surface area contributed by atoms with Crippen molar-refractivity contribution in [1.29, 1.82) is 0 Å². The monoisotopic (exact) mass is 278 g/mol. The van der Waals surface area contributed by atoms with Crippen molar-refractivity contribution in [3.8, 4) is 11.5 Å². The zero-order valence-corrected chi connectivity index (χ0v) is 11.5. The molecule has 4 nitrogen and oxygen atoms in total. The zero-order valence-electron chi connectivity index (χ0n) is 9.70. The van der Waals surface area contributed by atoms with Crippen molar-refractivity contribution in [2.45, 2.75) is 4.90 Å². The number of nitrogens with one attached hydrogen (secondary N) is 1. The van der Waals surface area contributed by atoms with Gasteiger partial charge in [0, 0.05) is 35.7 Å². The molecule has 0 spiro atoms. The van der Waals surface area contributed by atoms with Crippen LogP contribution in [0.5, 0.6) is 11.5 Å². The fourth-order valence-electron chi connectivity index (χ4n) is 1.26. The van der Waals surface area contributed by atoms with E-state index in [9.17, 15) is 14.1 Å². The van der Waals surface area contributed by atoms with Crippen LogP contribution in [0.15, 0.2) is 17.0 Å². The number of halogens is 1. The average Bonchev–Trinajstić information content (AvgIpc) is 2.22. The standard InChI is InChI=1S/C10H16FN2O2PS/c1-13(2)4-3-12-7-5-8(14)9(15)6-10(7)17(11)16/h5-6,12,14-16H,3-4H2,1-2H3. The van der Waals surface area contributed by atoms with Crippen LogP contribution in [0.1, 0.15) is 0 Å². The third-order valence-electron chi connectivity index (χ3n) is 2.14. The highest BCUT2D eigenvalue weighted by Gasteiger charge is 2.10. The second-order valence-corrected chi connectivity index (χ2v) is 5.85. The maximum absolute atomic E-state index is 13.3. The van der Waals surface area contributed by atoms with E-state index in [2.05, 4.69) is 13.3 Å². The number of nitrogens with zero attached hydrogens (tertiary/aromatic N) is 1. The Morgan fingerprint density at radius 2 is 1.94 bits per heavy atom. The zero-order chi connectivity index (χ0) is 13.0. The van der Waals surface area contributed by atoms with Crippen molar-refractivity contribution >= 4 is 24.2 Å². The molecular formula is C10H16FN2O2PS. The first-order valence-electron chi connectivity index (χ1n) is 4.98. The van der Waals surface area contributed by atoms with Crippen molar-refractivity contribution in [2.75, 3.05) is 32.5 Å². The fraction of sp³-hybridized carbons (Fsp3) is 0.400. The van der Waals surface area contributed by atoms with Gasteiger partial charge in [-0.3, -0.25) is 0 Å². The number of aromatic hydroxyl groups is 2. The Labute approximate surface area is 105 Å². The topological polar surface area (TPSA) is 55.7 Å². The number of likely N-dealkylation sites (N-methyl/N-ethyl adjacent to an activating group) is 1. The summed E-state index contributed by atoms with van der Waals surface area (Å²) in [5.74, 6) is -0.593. The van der Waals surface area contributed by atoms with Gasteiger partial charge in [0.2, 0.25) is 0 Å². The second kappa shape index (κ2) is 6.19. The minimum absolute atomic E-state index is 0.266. The number of phenolic OH excluding ortho intramolecular Hbond substituents is 2. The lowest BCUT2D eigenvalue weighted by Gasteiger charge is -2.14. The van der Waals surface area contributed by atoms with E-state index >= 15 is 0 Å². The van der Waals surface area contributed by atoms with Gasteiger partial charge in [-0.1, -0.05) is 8.02 Å². The second-order valence-electron chi connectivity index (χ2n) is 3.82. The molecule has 0 amide bonds. The number of phenols is 2. The first-order chi connectivity index (χ1) is 7.91. The summed E-state index contributed by atoms with van der Waals surface area (Å²) in [6.45, 7) is 1.40. The molecule has 0 fully saturated rings. The molecule has 0 bridgehead atoms. The van der Waals surface area contributed by atoms with Gasteiger partial charge in [0.15, 0.2) is 11.5 Å². The highest BCUT2D eigenvalue weighted by molar-refractivity contribution is 8.12. The predicted molar refractivity (Wildman–Crippen MR) is 71.9 cm³/mol. The van der Waals surface area contributed by atoms with Crippen LogP contribution >= 0.6 is 8.02 Å². The number of anilines is 1. The largest absolute Gasteiger partial charge is 0.504 e. The maximum Gasteiger partial charge on any atom is 0.159 e. The summed E-state index contributed by atoms with van der Waals surface area (Å²) in [7, 11) is 5.08. The van der Waals surface area contributed by atoms with E-state index in [1.54, 1.807) is 0 Å². The van der Waals surface area contributed by atoms with Crippen LogP contribution < -0.4 is 5.32 Å². The molecule has 7 heteroatoms. The quantitative estimate of drug-likeness (QED) is 0.438. The van der Waals surface area contributed by atoms with Gasteiger partial charge in [0.1, 0.15) is 0 Å². The van der Waals surface area contributed by atoms with Gasteiger partial charge in [0.25, 0.3) is 0 Å². The molecular weight excluding hydrogens is 262 g/mol. The lowest BCUT2D eigenvalue weighted by molar-refractivity contribution is 0.402. The predicted octanol–water partition coefficient (Wildman–Crippen LogP) is 1.99. The van der Waals surface area contributed by atoms with Gasteiger partial charge in [-0.05, 0) is 14.1 Å². The summed E-state index contributed by atoms with van der Waals surface area (Å²) in [6.07, 6.45) is 0. The summed E-state index contributed by atoms with van der Waals surface area (Å²) in [5.41, 5.74) is 0.475. The molecule has 1 aromatic carbocycles.